The molecule has 1 N–H and O–H groups in total. The van der Waals surface area contributed by atoms with Crippen LogP contribution in [0.5, 0.6) is 11.5 Å². The molecule has 3 saturated heterocycles. The molecule has 0 radical (unpaired) electrons. The van der Waals surface area contributed by atoms with E-state index in [9.17, 15) is 9.59 Å². The number of rotatable bonds is 3. The number of benzene rings is 1. The Balaban J connectivity index is 1.51. The summed E-state index contributed by atoms with van der Waals surface area (Å²) in [4.78, 5) is 30.8. The van der Waals surface area contributed by atoms with Gasteiger partial charge in [-0.05, 0) is 50.2 Å². The van der Waals surface area contributed by atoms with Crippen molar-refractivity contribution in [3.63, 3.8) is 0 Å². The van der Waals surface area contributed by atoms with Crippen molar-refractivity contribution in [1.82, 2.24) is 20.2 Å². The van der Waals surface area contributed by atoms with Crippen LogP contribution in [0, 0.1) is 0 Å². The van der Waals surface area contributed by atoms with Crippen LogP contribution in [0.25, 0.3) is 0 Å². The van der Waals surface area contributed by atoms with E-state index in [4.69, 9.17) is 9.47 Å². The van der Waals surface area contributed by atoms with Gasteiger partial charge in [-0.2, -0.15) is 0 Å². The molecule has 0 aliphatic carbocycles. The highest BCUT2D eigenvalue weighted by atomic mass is 16.5. The number of amides is 3. The van der Waals surface area contributed by atoms with Crippen LogP contribution in [0.3, 0.4) is 0 Å². The Bertz CT molecular complexity index is 852. The Labute approximate surface area is 183 Å². The topological polar surface area (TPSA) is 74.3 Å². The lowest BCUT2D eigenvalue weighted by molar-refractivity contribution is -0.152. The van der Waals surface area contributed by atoms with Crippen molar-refractivity contribution in [3.05, 3.63) is 23.3 Å². The van der Waals surface area contributed by atoms with Crippen LogP contribution in [0.15, 0.2) is 12.1 Å². The first-order valence-electron chi connectivity index (χ1n) is 11.5. The van der Waals surface area contributed by atoms with Gasteiger partial charge in [0.15, 0.2) is 0 Å². The molecule has 4 aliphatic rings. The molecule has 3 atom stereocenters. The maximum atomic E-state index is 13.5. The monoisotopic (exact) mass is 428 g/mol. The van der Waals surface area contributed by atoms with Gasteiger partial charge in [-0.15, -0.1) is 0 Å². The van der Waals surface area contributed by atoms with Gasteiger partial charge in [0.1, 0.15) is 17.5 Å². The number of nitrogens with one attached hydrogen (secondary N) is 1. The van der Waals surface area contributed by atoms with Crippen molar-refractivity contribution < 1.29 is 19.1 Å². The third-order valence-electron chi connectivity index (χ3n) is 7.36. The number of nitrogens with zero attached hydrogens (tertiary/aromatic N) is 3. The highest BCUT2D eigenvalue weighted by Crippen LogP contribution is 2.48. The van der Waals surface area contributed by atoms with Crippen LogP contribution < -0.4 is 14.9 Å². The van der Waals surface area contributed by atoms with Crippen LogP contribution in [-0.2, 0) is 11.2 Å². The summed E-state index contributed by atoms with van der Waals surface area (Å²) < 4.78 is 11.2. The lowest BCUT2D eigenvalue weighted by atomic mass is 9.78. The van der Waals surface area contributed by atoms with Crippen molar-refractivity contribution in [1.29, 1.82) is 0 Å². The van der Waals surface area contributed by atoms with Gasteiger partial charge < -0.3 is 19.3 Å². The Morgan fingerprint density at radius 1 is 1.03 bits per heavy atom. The van der Waals surface area contributed by atoms with E-state index >= 15 is 0 Å². The summed E-state index contributed by atoms with van der Waals surface area (Å²) in [7, 11) is 3.31. The maximum Gasteiger partial charge on any atom is 0.332 e. The van der Waals surface area contributed by atoms with Gasteiger partial charge in [-0.1, -0.05) is 6.42 Å². The molecule has 3 amide bonds. The highest BCUT2D eigenvalue weighted by Gasteiger charge is 2.53. The smallest absolute Gasteiger partial charge is 0.332 e. The summed E-state index contributed by atoms with van der Waals surface area (Å²) in [5, 5.41) is 2.01. The summed E-state index contributed by atoms with van der Waals surface area (Å²) in [6, 6.07) is 3.20. The number of carbonyl (C=O) groups is 2. The molecule has 0 spiro atoms. The van der Waals surface area contributed by atoms with E-state index < -0.39 is 0 Å². The summed E-state index contributed by atoms with van der Waals surface area (Å²) in [6.45, 7) is 2.41. The molecule has 31 heavy (non-hydrogen) atoms. The predicted molar refractivity (Wildman–Crippen MR) is 115 cm³/mol. The molecule has 8 nitrogen and oxygen atoms in total. The standard InChI is InChI=1S/C23H32N4O4/c1-30-16-13-15-9-12-26-21(20(15)19(14-16)31-2)17-7-6-8-18(22(26)28)27(17)23(29)24-25-10-4-3-5-11-25/h13-14,17-18,21H,3-12H2,1-2H3,(H,24,29). The number of hydrogen-bond acceptors (Lipinski definition) is 5. The van der Waals surface area contributed by atoms with Gasteiger partial charge in [-0.3, -0.25) is 10.2 Å². The first kappa shape index (κ1) is 20.4. The molecule has 3 fully saturated rings. The molecule has 5 rings (SSSR count). The van der Waals surface area contributed by atoms with E-state index in [1.165, 1.54) is 6.42 Å². The zero-order valence-corrected chi connectivity index (χ0v) is 18.4. The van der Waals surface area contributed by atoms with Crippen LogP contribution in [0.2, 0.25) is 0 Å². The summed E-state index contributed by atoms with van der Waals surface area (Å²) in [5.41, 5.74) is 5.28. The SMILES string of the molecule is COc1cc2c(c(OC)c1)C1C3CCCC(C(=O)N1CC2)N3C(=O)NN1CCCCC1. The van der Waals surface area contributed by atoms with Gasteiger partial charge in [0.25, 0.3) is 0 Å². The van der Waals surface area contributed by atoms with Crippen molar-refractivity contribution in [2.45, 2.75) is 63.1 Å². The second-order valence-corrected chi connectivity index (χ2v) is 9.01. The number of methoxy groups -OCH3 is 2. The number of piperazine rings is 1. The first-order chi connectivity index (χ1) is 15.1. The van der Waals surface area contributed by atoms with Gasteiger partial charge >= 0.3 is 6.03 Å². The predicted octanol–water partition coefficient (Wildman–Crippen LogP) is 2.48. The van der Waals surface area contributed by atoms with E-state index in [1.54, 1.807) is 14.2 Å². The second kappa shape index (κ2) is 8.22. The number of carbonyl (C=O) groups excluding carboxylic acids is 2. The van der Waals surface area contributed by atoms with Crippen molar-refractivity contribution in [2.75, 3.05) is 33.9 Å². The van der Waals surface area contributed by atoms with Crippen LogP contribution >= 0.6 is 0 Å². The van der Waals surface area contributed by atoms with Crippen LogP contribution in [0.4, 0.5) is 4.79 Å². The Morgan fingerprint density at radius 3 is 2.58 bits per heavy atom. The molecular weight excluding hydrogens is 396 g/mol. The third kappa shape index (κ3) is 3.41. The first-order valence-corrected chi connectivity index (χ1v) is 11.5. The molecule has 168 valence electrons. The van der Waals surface area contributed by atoms with E-state index in [1.807, 2.05) is 26.9 Å². The molecule has 1 aromatic rings. The molecule has 4 heterocycles. The molecule has 2 bridgehead atoms. The number of piperidine rings is 2. The highest BCUT2D eigenvalue weighted by molar-refractivity contribution is 5.90. The largest absolute Gasteiger partial charge is 0.497 e. The molecule has 3 unspecified atom stereocenters. The Hall–Kier alpha value is -2.48. The van der Waals surface area contributed by atoms with E-state index in [0.717, 1.165) is 74.2 Å². The number of hydrazine groups is 1. The normalized spacial score (nSPS) is 27.9. The quantitative estimate of drug-likeness (QED) is 0.801. The average Bonchev–Trinajstić information content (AvgIpc) is 2.81. The molecule has 0 saturated carbocycles. The third-order valence-corrected chi connectivity index (χ3v) is 7.36. The minimum Gasteiger partial charge on any atom is -0.497 e. The van der Waals surface area contributed by atoms with E-state index in [2.05, 4.69) is 5.43 Å². The van der Waals surface area contributed by atoms with Gasteiger partial charge in [-0.25, -0.2) is 9.80 Å². The van der Waals surface area contributed by atoms with E-state index in [-0.39, 0.29) is 30.1 Å². The van der Waals surface area contributed by atoms with E-state index in [0.29, 0.717) is 6.54 Å². The van der Waals surface area contributed by atoms with Crippen LogP contribution in [0.1, 0.15) is 55.7 Å². The summed E-state index contributed by atoms with van der Waals surface area (Å²) in [6.07, 6.45) is 6.73. The minimum atomic E-state index is -0.370. The lowest BCUT2D eigenvalue weighted by Crippen LogP contribution is -2.69. The maximum absolute atomic E-state index is 13.5. The lowest BCUT2D eigenvalue weighted by Gasteiger charge is -2.55. The Morgan fingerprint density at radius 2 is 1.84 bits per heavy atom. The number of hydrogen-bond donors (Lipinski definition) is 1. The number of fused-ring (bicyclic) bond motifs is 6. The van der Waals surface area contributed by atoms with Crippen molar-refractivity contribution in [3.8, 4) is 11.5 Å². The zero-order chi connectivity index (χ0) is 21.5. The number of ether oxygens (including phenoxy) is 2. The fourth-order valence-corrected chi connectivity index (χ4v) is 5.93. The fraction of sp³-hybridized carbons (Fsp3) is 0.652. The molecule has 0 aromatic heterocycles. The fourth-order valence-electron chi connectivity index (χ4n) is 5.93. The van der Waals surface area contributed by atoms with Gasteiger partial charge in [0, 0.05) is 31.3 Å². The van der Waals surface area contributed by atoms with Gasteiger partial charge in [0.05, 0.1) is 26.3 Å². The molecule has 8 heteroatoms. The molecule has 4 aliphatic heterocycles. The summed E-state index contributed by atoms with van der Waals surface area (Å²) >= 11 is 0. The van der Waals surface area contributed by atoms with Crippen LogP contribution in [-0.4, -0.2) is 72.7 Å². The Kier molecular flexibility index (Phi) is 5.42. The summed E-state index contributed by atoms with van der Waals surface area (Å²) in [5.74, 6) is 1.56. The second-order valence-electron chi connectivity index (χ2n) is 9.01. The minimum absolute atomic E-state index is 0.0532. The molecule has 1 aromatic carbocycles. The van der Waals surface area contributed by atoms with Gasteiger partial charge in [0.2, 0.25) is 5.91 Å². The van der Waals surface area contributed by atoms with Crippen molar-refractivity contribution >= 4 is 11.9 Å². The zero-order valence-electron chi connectivity index (χ0n) is 18.4. The molecular formula is C23H32N4O4. The average molecular weight is 429 g/mol. The number of urea groups is 1. The van der Waals surface area contributed by atoms with Crippen molar-refractivity contribution in [2.24, 2.45) is 0 Å².